The zero-order valence-corrected chi connectivity index (χ0v) is 13.4. The Kier molecular flexibility index (Phi) is 5.08. The molecule has 22 heavy (non-hydrogen) atoms. The normalized spacial score (nSPS) is 11.4. The van der Waals surface area contributed by atoms with Crippen molar-refractivity contribution in [3.8, 4) is 0 Å². The molecule has 0 aromatic heterocycles. The minimum absolute atomic E-state index is 0.0321. The summed E-state index contributed by atoms with van der Waals surface area (Å²) in [6.45, 7) is -0.0321. The summed E-state index contributed by atoms with van der Waals surface area (Å²) in [6.07, 6.45) is 0. The molecule has 2 aromatic carbocycles. The Hall–Kier alpha value is -1.60. The third-order valence-corrected chi connectivity index (χ3v) is 4.84. The molecule has 0 spiro atoms. The number of nitrogens with one attached hydrogen (secondary N) is 1. The van der Waals surface area contributed by atoms with Crippen LogP contribution in [0, 0.1) is 0 Å². The van der Waals surface area contributed by atoms with Gasteiger partial charge in [-0.3, -0.25) is 0 Å². The van der Waals surface area contributed by atoms with Gasteiger partial charge in [0, 0.05) is 16.6 Å². The van der Waals surface area contributed by atoms with E-state index in [0.29, 0.717) is 15.6 Å². The molecule has 0 unspecified atom stereocenters. The molecule has 116 valence electrons. The Bertz CT molecular complexity index is 821. The molecule has 0 fully saturated rings. The number of sulfonamides is 1. The topological polar surface area (TPSA) is 83.5 Å². The average molecular weight is 360 g/mol. The van der Waals surface area contributed by atoms with Gasteiger partial charge in [-0.1, -0.05) is 35.3 Å². The van der Waals surface area contributed by atoms with Crippen molar-refractivity contribution in [3.05, 3.63) is 63.6 Å². The number of hydrogen-bond acceptors (Lipinski definition) is 3. The standard InChI is InChI=1S/C14H11Cl2NO4S/c15-11-5-4-10(13(16)7-11)8-17-22(20,21)12-3-1-2-9(6-12)14(18)19/h1-7,17H,8H2,(H,18,19). The number of hydrogen-bond donors (Lipinski definition) is 2. The van der Waals surface area contributed by atoms with E-state index >= 15 is 0 Å². The summed E-state index contributed by atoms with van der Waals surface area (Å²) in [5.74, 6) is -1.20. The fourth-order valence-electron chi connectivity index (χ4n) is 1.72. The van der Waals surface area contributed by atoms with E-state index in [2.05, 4.69) is 4.72 Å². The van der Waals surface area contributed by atoms with E-state index in [4.69, 9.17) is 28.3 Å². The van der Waals surface area contributed by atoms with Gasteiger partial charge in [0.25, 0.3) is 0 Å². The molecule has 5 nitrogen and oxygen atoms in total. The van der Waals surface area contributed by atoms with Crippen LogP contribution in [0.4, 0.5) is 0 Å². The molecule has 0 atom stereocenters. The minimum Gasteiger partial charge on any atom is -0.478 e. The van der Waals surface area contributed by atoms with Gasteiger partial charge in [0.1, 0.15) is 0 Å². The lowest BCUT2D eigenvalue weighted by molar-refractivity contribution is 0.0696. The second-order valence-electron chi connectivity index (χ2n) is 4.39. The first-order valence-electron chi connectivity index (χ1n) is 6.06. The first-order chi connectivity index (χ1) is 10.3. The molecule has 0 bridgehead atoms. The third-order valence-electron chi connectivity index (χ3n) is 2.86. The maximum atomic E-state index is 12.2. The molecule has 0 aliphatic heterocycles. The highest BCUT2D eigenvalue weighted by atomic mass is 35.5. The fraction of sp³-hybridized carbons (Fsp3) is 0.0714. The fourth-order valence-corrected chi connectivity index (χ4v) is 3.24. The zero-order chi connectivity index (χ0) is 16.3. The van der Waals surface area contributed by atoms with E-state index in [9.17, 15) is 13.2 Å². The van der Waals surface area contributed by atoms with Crippen molar-refractivity contribution in [2.24, 2.45) is 0 Å². The van der Waals surface area contributed by atoms with Crippen molar-refractivity contribution in [3.63, 3.8) is 0 Å². The Morgan fingerprint density at radius 3 is 2.50 bits per heavy atom. The Labute approximate surface area is 137 Å². The molecule has 0 saturated carbocycles. The summed E-state index contributed by atoms with van der Waals surface area (Å²) in [7, 11) is -3.85. The molecular formula is C14H11Cl2NO4S. The Balaban J connectivity index is 2.21. The molecule has 0 radical (unpaired) electrons. The second kappa shape index (κ2) is 6.66. The van der Waals surface area contributed by atoms with Crippen LogP contribution in [0.15, 0.2) is 47.4 Å². The van der Waals surface area contributed by atoms with Gasteiger partial charge < -0.3 is 5.11 Å². The number of carbonyl (C=O) groups is 1. The monoisotopic (exact) mass is 359 g/mol. The van der Waals surface area contributed by atoms with Crippen LogP contribution < -0.4 is 4.72 Å². The summed E-state index contributed by atoms with van der Waals surface area (Å²) in [6, 6.07) is 9.82. The second-order valence-corrected chi connectivity index (χ2v) is 7.00. The molecule has 0 aliphatic rings. The van der Waals surface area contributed by atoms with Crippen LogP contribution in [0.3, 0.4) is 0 Å². The molecule has 2 rings (SSSR count). The number of aromatic carboxylic acids is 1. The highest BCUT2D eigenvalue weighted by Crippen LogP contribution is 2.21. The minimum atomic E-state index is -3.85. The van der Waals surface area contributed by atoms with Crippen molar-refractivity contribution in [2.45, 2.75) is 11.4 Å². The largest absolute Gasteiger partial charge is 0.478 e. The number of benzene rings is 2. The SMILES string of the molecule is O=C(O)c1cccc(S(=O)(=O)NCc2ccc(Cl)cc2Cl)c1. The lowest BCUT2D eigenvalue weighted by Gasteiger charge is -2.09. The molecule has 0 aliphatic carbocycles. The van der Waals surface area contributed by atoms with Crippen LogP contribution in [0.25, 0.3) is 0 Å². The number of carboxylic acids is 1. The quantitative estimate of drug-likeness (QED) is 0.858. The van der Waals surface area contributed by atoms with E-state index < -0.39 is 16.0 Å². The first kappa shape index (κ1) is 16.8. The van der Waals surface area contributed by atoms with E-state index in [1.165, 1.54) is 24.3 Å². The van der Waals surface area contributed by atoms with Crippen molar-refractivity contribution >= 4 is 39.2 Å². The smallest absolute Gasteiger partial charge is 0.335 e. The van der Waals surface area contributed by atoms with Crippen molar-refractivity contribution in [2.75, 3.05) is 0 Å². The van der Waals surface area contributed by atoms with Crippen LogP contribution >= 0.6 is 23.2 Å². The summed E-state index contributed by atoms with van der Waals surface area (Å²) in [5, 5.41) is 9.69. The van der Waals surface area contributed by atoms with Gasteiger partial charge in [-0.05, 0) is 35.9 Å². The molecule has 0 saturated heterocycles. The Morgan fingerprint density at radius 2 is 1.86 bits per heavy atom. The molecular weight excluding hydrogens is 349 g/mol. The van der Waals surface area contributed by atoms with Gasteiger partial charge in [-0.25, -0.2) is 17.9 Å². The van der Waals surface area contributed by atoms with E-state index in [-0.39, 0.29) is 17.0 Å². The van der Waals surface area contributed by atoms with Gasteiger partial charge in [0.2, 0.25) is 10.0 Å². The lowest BCUT2D eigenvalue weighted by atomic mass is 10.2. The summed E-state index contributed by atoms with van der Waals surface area (Å²) < 4.78 is 26.7. The predicted molar refractivity (Wildman–Crippen MR) is 83.9 cm³/mol. The van der Waals surface area contributed by atoms with Gasteiger partial charge in [-0.2, -0.15) is 0 Å². The van der Waals surface area contributed by atoms with Gasteiger partial charge >= 0.3 is 5.97 Å². The highest BCUT2D eigenvalue weighted by Gasteiger charge is 2.16. The molecule has 2 aromatic rings. The summed E-state index contributed by atoms with van der Waals surface area (Å²) >= 11 is 11.7. The maximum absolute atomic E-state index is 12.2. The van der Waals surface area contributed by atoms with Gasteiger partial charge in [0.05, 0.1) is 10.5 Å². The maximum Gasteiger partial charge on any atom is 0.335 e. The van der Waals surface area contributed by atoms with Crippen molar-refractivity contribution in [1.82, 2.24) is 4.72 Å². The molecule has 2 N–H and O–H groups in total. The van der Waals surface area contributed by atoms with E-state index in [1.807, 2.05) is 0 Å². The number of carboxylic acid groups (broad SMARTS) is 1. The highest BCUT2D eigenvalue weighted by molar-refractivity contribution is 7.89. The van der Waals surface area contributed by atoms with E-state index in [1.54, 1.807) is 12.1 Å². The molecule has 0 heterocycles. The Morgan fingerprint density at radius 1 is 1.14 bits per heavy atom. The number of rotatable bonds is 5. The predicted octanol–water partition coefficient (Wildman–Crippen LogP) is 3.17. The molecule has 8 heteroatoms. The average Bonchev–Trinajstić information content (AvgIpc) is 2.46. The van der Waals surface area contributed by atoms with Crippen LogP contribution in [0.1, 0.15) is 15.9 Å². The lowest BCUT2D eigenvalue weighted by Crippen LogP contribution is -2.23. The van der Waals surface area contributed by atoms with E-state index in [0.717, 1.165) is 6.07 Å². The van der Waals surface area contributed by atoms with Crippen LogP contribution in [-0.4, -0.2) is 19.5 Å². The van der Waals surface area contributed by atoms with Crippen molar-refractivity contribution < 1.29 is 18.3 Å². The molecule has 0 amide bonds. The van der Waals surface area contributed by atoms with Crippen LogP contribution in [-0.2, 0) is 16.6 Å². The number of halogens is 2. The van der Waals surface area contributed by atoms with Crippen LogP contribution in [0.2, 0.25) is 10.0 Å². The third kappa shape index (κ3) is 3.98. The summed E-state index contributed by atoms with van der Waals surface area (Å²) in [4.78, 5) is 10.8. The summed E-state index contributed by atoms with van der Waals surface area (Å²) in [5.41, 5.74) is 0.455. The zero-order valence-electron chi connectivity index (χ0n) is 11.1. The first-order valence-corrected chi connectivity index (χ1v) is 8.30. The van der Waals surface area contributed by atoms with Crippen LogP contribution in [0.5, 0.6) is 0 Å². The van der Waals surface area contributed by atoms with Gasteiger partial charge in [0.15, 0.2) is 0 Å². The van der Waals surface area contributed by atoms with Crippen molar-refractivity contribution in [1.29, 1.82) is 0 Å². The van der Waals surface area contributed by atoms with Gasteiger partial charge in [-0.15, -0.1) is 0 Å².